The van der Waals surface area contributed by atoms with Gasteiger partial charge in [-0.25, -0.2) is 13.1 Å². The Morgan fingerprint density at radius 1 is 1.00 bits per heavy atom. The van der Waals surface area contributed by atoms with Gasteiger partial charge in [0.25, 0.3) is 15.9 Å². The minimum absolute atomic E-state index is 0.121. The maximum atomic E-state index is 13.2. The molecule has 2 heterocycles. The lowest BCUT2D eigenvalue weighted by atomic mass is 10.1. The van der Waals surface area contributed by atoms with Crippen LogP contribution in [0.1, 0.15) is 21.7 Å². The van der Waals surface area contributed by atoms with E-state index in [1.807, 2.05) is 26.0 Å². The van der Waals surface area contributed by atoms with Gasteiger partial charge in [0.1, 0.15) is 0 Å². The minimum Gasteiger partial charge on any atom is -0.321 e. The van der Waals surface area contributed by atoms with Crippen LogP contribution in [0.4, 0.5) is 11.4 Å². The number of benzene rings is 3. The van der Waals surface area contributed by atoms with Crippen LogP contribution in [0.2, 0.25) is 0 Å². The number of aryl methyl sites for hydroxylation is 2. The molecule has 0 atom stereocenters. The number of nitrogens with one attached hydrogen (secondary N) is 2. The number of nitrogens with zero attached hydrogens (tertiary/aromatic N) is 2. The van der Waals surface area contributed by atoms with Gasteiger partial charge in [-0.05, 0) is 56.3 Å². The van der Waals surface area contributed by atoms with Crippen LogP contribution in [0.3, 0.4) is 0 Å². The third-order valence-electron chi connectivity index (χ3n) is 5.14. The van der Waals surface area contributed by atoms with Crippen molar-refractivity contribution in [1.82, 2.24) is 9.78 Å². The number of sulfonamides is 1. The van der Waals surface area contributed by atoms with E-state index in [9.17, 15) is 13.2 Å². The zero-order valence-electron chi connectivity index (χ0n) is 16.3. The number of carbonyl (C=O) groups is 1. The lowest BCUT2D eigenvalue weighted by molar-refractivity contribution is 0.103. The van der Waals surface area contributed by atoms with E-state index in [4.69, 9.17) is 0 Å². The fourth-order valence-electron chi connectivity index (χ4n) is 3.90. The lowest BCUT2D eigenvalue weighted by Crippen LogP contribution is -2.14. The molecule has 0 radical (unpaired) electrons. The first-order chi connectivity index (χ1) is 14.3. The summed E-state index contributed by atoms with van der Waals surface area (Å²) >= 11 is 0. The van der Waals surface area contributed by atoms with Gasteiger partial charge >= 0.3 is 0 Å². The van der Waals surface area contributed by atoms with Crippen molar-refractivity contribution in [2.24, 2.45) is 0 Å². The highest BCUT2D eigenvalue weighted by molar-refractivity contribution is 7.93. The first-order valence-corrected chi connectivity index (χ1v) is 10.9. The minimum atomic E-state index is -3.89. The van der Waals surface area contributed by atoms with Crippen LogP contribution in [0.5, 0.6) is 0 Å². The zero-order chi connectivity index (χ0) is 21.0. The van der Waals surface area contributed by atoms with E-state index in [2.05, 4.69) is 15.1 Å². The van der Waals surface area contributed by atoms with Crippen molar-refractivity contribution >= 4 is 38.1 Å². The molecule has 30 heavy (non-hydrogen) atoms. The molecular weight excluding hydrogens is 400 g/mol. The number of amides is 1. The fourth-order valence-corrected chi connectivity index (χ4v) is 5.15. The van der Waals surface area contributed by atoms with Crippen LogP contribution in [0.25, 0.3) is 16.5 Å². The molecule has 0 aliphatic carbocycles. The summed E-state index contributed by atoms with van der Waals surface area (Å²) in [7, 11) is -3.89. The van der Waals surface area contributed by atoms with Crippen molar-refractivity contribution in [3.63, 3.8) is 0 Å². The van der Waals surface area contributed by atoms with Crippen LogP contribution in [0, 0.1) is 13.8 Å². The Balaban J connectivity index is 1.57. The number of hydrogen-bond acceptors (Lipinski definition) is 4. The van der Waals surface area contributed by atoms with E-state index in [0.717, 1.165) is 17.1 Å². The number of aromatic nitrogens is 2. The average molecular weight is 418 g/mol. The fraction of sp³-hybridized carbons (Fsp3) is 0.0909. The van der Waals surface area contributed by atoms with Gasteiger partial charge < -0.3 is 5.32 Å². The van der Waals surface area contributed by atoms with Crippen LogP contribution in [-0.4, -0.2) is 24.1 Å². The number of hydrogen-bond donors (Lipinski definition) is 2. The van der Waals surface area contributed by atoms with Gasteiger partial charge in [0.15, 0.2) is 0 Å². The molecule has 1 aliphatic rings. The van der Waals surface area contributed by atoms with E-state index >= 15 is 0 Å². The van der Waals surface area contributed by atoms with E-state index in [-0.39, 0.29) is 10.8 Å². The summed E-state index contributed by atoms with van der Waals surface area (Å²) in [5.74, 6) is -0.226. The number of carbonyl (C=O) groups excluding carboxylic acids is 1. The Labute approximate surface area is 173 Å². The quantitative estimate of drug-likeness (QED) is 0.524. The van der Waals surface area contributed by atoms with Crippen molar-refractivity contribution in [1.29, 1.82) is 0 Å². The van der Waals surface area contributed by atoms with Gasteiger partial charge in [0, 0.05) is 27.7 Å². The summed E-state index contributed by atoms with van der Waals surface area (Å²) in [6, 6.07) is 17.3. The average Bonchev–Trinajstić information content (AvgIpc) is 3.21. The first-order valence-electron chi connectivity index (χ1n) is 9.37. The normalized spacial score (nSPS) is 12.9. The van der Waals surface area contributed by atoms with Gasteiger partial charge in [0.2, 0.25) is 0 Å². The molecule has 3 aromatic carbocycles. The molecule has 0 bridgehead atoms. The second kappa shape index (κ2) is 6.43. The molecule has 5 rings (SSSR count). The summed E-state index contributed by atoms with van der Waals surface area (Å²) in [4.78, 5) is 12.2. The Hall–Kier alpha value is -3.65. The third kappa shape index (κ3) is 2.84. The smallest absolute Gasteiger partial charge is 0.262 e. The Morgan fingerprint density at radius 2 is 1.80 bits per heavy atom. The molecule has 150 valence electrons. The molecule has 0 spiro atoms. The summed E-state index contributed by atoms with van der Waals surface area (Å²) < 4.78 is 30.9. The maximum Gasteiger partial charge on any atom is 0.262 e. The van der Waals surface area contributed by atoms with Gasteiger partial charge in [0.05, 0.1) is 22.0 Å². The lowest BCUT2D eigenvalue weighted by Gasteiger charge is -2.13. The summed E-state index contributed by atoms with van der Waals surface area (Å²) in [6.45, 7) is 3.85. The molecule has 1 amide bonds. The highest BCUT2D eigenvalue weighted by atomic mass is 32.2. The van der Waals surface area contributed by atoms with Gasteiger partial charge in [-0.2, -0.15) is 5.10 Å². The maximum absolute atomic E-state index is 13.2. The van der Waals surface area contributed by atoms with Gasteiger partial charge in [-0.1, -0.05) is 18.2 Å². The second-order valence-electron chi connectivity index (χ2n) is 7.29. The Bertz CT molecular complexity index is 1450. The summed E-state index contributed by atoms with van der Waals surface area (Å²) in [5, 5.41) is 8.35. The Kier molecular flexibility index (Phi) is 3.94. The Morgan fingerprint density at radius 3 is 2.57 bits per heavy atom. The SMILES string of the molecule is Cc1cc(C)n(-c2cccc(NS(=O)(=O)c3ccc4c5c(cccc35)C(=O)N4)c2)n1. The molecular formula is C22H18N4O3S. The first kappa shape index (κ1) is 18.4. The molecule has 7 nitrogen and oxygen atoms in total. The molecule has 0 fully saturated rings. The van der Waals surface area contributed by atoms with E-state index in [1.165, 1.54) is 6.07 Å². The van der Waals surface area contributed by atoms with Crippen molar-refractivity contribution in [2.75, 3.05) is 10.0 Å². The van der Waals surface area contributed by atoms with Gasteiger partial charge in [-0.15, -0.1) is 0 Å². The van der Waals surface area contributed by atoms with Crippen molar-refractivity contribution in [3.8, 4) is 5.69 Å². The highest BCUT2D eigenvalue weighted by Crippen LogP contribution is 2.37. The number of anilines is 2. The topological polar surface area (TPSA) is 93.1 Å². The second-order valence-corrected chi connectivity index (χ2v) is 8.94. The van der Waals surface area contributed by atoms with E-state index in [1.54, 1.807) is 47.1 Å². The predicted molar refractivity (Wildman–Crippen MR) is 116 cm³/mol. The molecule has 2 N–H and O–H groups in total. The highest BCUT2D eigenvalue weighted by Gasteiger charge is 2.26. The van der Waals surface area contributed by atoms with Crippen LogP contribution < -0.4 is 10.0 Å². The number of rotatable bonds is 4. The van der Waals surface area contributed by atoms with Crippen LogP contribution in [0.15, 0.2) is 65.6 Å². The monoisotopic (exact) mass is 418 g/mol. The van der Waals surface area contributed by atoms with Crippen LogP contribution >= 0.6 is 0 Å². The predicted octanol–water partition coefficient (Wildman–Crippen LogP) is 4.01. The largest absolute Gasteiger partial charge is 0.321 e. The molecule has 1 aliphatic heterocycles. The third-order valence-corrected chi connectivity index (χ3v) is 6.57. The van der Waals surface area contributed by atoms with Crippen molar-refractivity contribution in [2.45, 2.75) is 18.7 Å². The standard InChI is InChI=1S/C22H18N4O3S/c1-13-11-14(2)26(24-13)16-6-3-5-15(12-16)25-30(28,29)20-10-9-19-21-17(20)7-4-8-18(21)22(27)23-19/h3-12,25H,1-2H3,(H,23,27). The van der Waals surface area contributed by atoms with E-state index < -0.39 is 10.0 Å². The van der Waals surface area contributed by atoms with E-state index in [0.29, 0.717) is 27.7 Å². The van der Waals surface area contributed by atoms with Crippen molar-refractivity contribution < 1.29 is 13.2 Å². The molecule has 0 saturated heterocycles. The molecule has 4 aromatic rings. The summed E-state index contributed by atoms with van der Waals surface area (Å²) in [5.41, 5.74) is 4.13. The molecule has 0 saturated carbocycles. The summed E-state index contributed by atoms with van der Waals surface area (Å²) in [6.07, 6.45) is 0. The van der Waals surface area contributed by atoms with Crippen molar-refractivity contribution in [3.05, 3.63) is 77.6 Å². The molecule has 8 heteroatoms. The molecule has 0 unspecified atom stereocenters. The van der Waals surface area contributed by atoms with Crippen LogP contribution in [-0.2, 0) is 10.0 Å². The molecule has 1 aromatic heterocycles. The van der Waals surface area contributed by atoms with Gasteiger partial charge in [-0.3, -0.25) is 9.52 Å². The zero-order valence-corrected chi connectivity index (χ0v) is 17.1.